The SMILES string of the molecule is O=[C]CN(NC(=O)C1CCCC1)C(=O)C=Cc1ccccc1. The second kappa shape index (κ2) is 8.12. The van der Waals surface area contributed by atoms with E-state index < -0.39 is 5.91 Å². The van der Waals surface area contributed by atoms with Gasteiger partial charge in [-0.3, -0.25) is 19.8 Å². The van der Waals surface area contributed by atoms with E-state index in [1.165, 1.54) is 6.08 Å². The zero-order valence-electron chi connectivity index (χ0n) is 12.3. The molecule has 2 amide bonds. The Balaban J connectivity index is 1.97. The summed E-state index contributed by atoms with van der Waals surface area (Å²) in [7, 11) is 0. The molecule has 1 aliphatic carbocycles. The summed E-state index contributed by atoms with van der Waals surface area (Å²) in [5.74, 6) is -0.715. The molecular formula is C17H19N2O3. The van der Waals surface area contributed by atoms with Gasteiger partial charge in [0.15, 0.2) is 0 Å². The van der Waals surface area contributed by atoms with Crippen LogP contribution in [0.5, 0.6) is 0 Å². The molecule has 2 rings (SSSR count). The maximum atomic E-state index is 12.1. The third-order valence-corrected chi connectivity index (χ3v) is 3.68. The first-order chi connectivity index (χ1) is 10.7. The van der Waals surface area contributed by atoms with Crippen LogP contribution in [0.4, 0.5) is 0 Å². The molecule has 0 unspecified atom stereocenters. The predicted octanol–water partition coefficient (Wildman–Crippen LogP) is 1.86. The molecule has 5 nitrogen and oxygen atoms in total. The number of hydrogen-bond acceptors (Lipinski definition) is 3. The zero-order chi connectivity index (χ0) is 15.8. The second-order valence-corrected chi connectivity index (χ2v) is 5.27. The Hall–Kier alpha value is -2.43. The summed E-state index contributed by atoms with van der Waals surface area (Å²) < 4.78 is 0. The fourth-order valence-corrected chi connectivity index (χ4v) is 2.47. The van der Waals surface area contributed by atoms with Crippen LogP contribution in [0.15, 0.2) is 36.4 Å². The molecule has 1 radical (unpaired) electrons. The molecule has 0 atom stereocenters. The predicted molar refractivity (Wildman–Crippen MR) is 83.0 cm³/mol. The van der Waals surface area contributed by atoms with Crippen LogP contribution in [0.3, 0.4) is 0 Å². The minimum atomic E-state index is -0.446. The monoisotopic (exact) mass is 299 g/mol. The zero-order valence-corrected chi connectivity index (χ0v) is 12.3. The molecule has 0 spiro atoms. The van der Waals surface area contributed by atoms with E-state index in [2.05, 4.69) is 5.43 Å². The van der Waals surface area contributed by atoms with Crippen LogP contribution in [-0.2, 0) is 14.4 Å². The van der Waals surface area contributed by atoms with E-state index in [0.29, 0.717) is 0 Å². The van der Waals surface area contributed by atoms with Gasteiger partial charge in [0.1, 0.15) is 6.54 Å². The third-order valence-electron chi connectivity index (χ3n) is 3.68. The summed E-state index contributed by atoms with van der Waals surface area (Å²) in [6.45, 7) is -0.281. The molecular weight excluding hydrogens is 280 g/mol. The quantitative estimate of drug-likeness (QED) is 0.666. The van der Waals surface area contributed by atoms with E-state index in [9.17, 15) is 14.4 Å². The van der Waals surface area contributed by atoms with E-state index in [4.69, 9.17) is 0 Å². The van der Waals surface area contributed by atoms with Gasteiger partial charge in [-0.25, -0.2) is 5.01 Å². The van der Waals surface area contributed by atoms with Crippen LogP contribution in [0.25, 0.3) is 6.08 Å². The molecule has 1 saturated carbocycles. The Labute approximate surface area is 130 Å². The minimum absolute atomic E-state index is 0.0694. The van der Waals surface area contributed by atoms with Crippen LogP contribution in [-0.4, -0.2) is 29.7 Å². The highest BCUT2D eigenvalue weighted by Crippen LogP contribution is 2.24. The van der Waals surface area contributed by atoms with Gasteiger partial charge in [-0.15, -0.1) is 0 Å². The number of carbonyl (C=O) groups is 2. The molecule has 1 aromatic carbocycles. The van der Waals surface area contributed by atoms with Crippen LogP contribution >= 0.6 is 0 Å². The van der Waals surface area contributed by atoms with E-state index in [1.54, 1.807) is 12.4 Å². The third kappa shape index (κ3) is 4.55. The van der Waals surface area contributed by atoms with Crippen molar-refractivity contribution in [3.8, 4) is 0 Å². The van der Waals surface area contributed by atoms with Crippen molar-refractivity contribution in [1.82, 2.24) is 10.4 Å². The van der Waals surface area contributed by atoms with Crippen LogP contribution < -0.4 is 5.43 Å². The van der Waals surface area contributed by atoms with Crippen LogP contribution in [0.1, 0.15) is 31.2 Å². The van der Waals surface area contributed by atoms with Crippen molar-refractivity contribution in [2.24, 2.45) is 5.92 Å². The highest BCUT2D eigenvalue weighted by atomic mass is 16.2. The Morgan fingerprint density at radius 1 is 1.23 bits per heavy atom. The average Bonchev–Trinajstić information content (AvgIpc) is 3.07. The van der Waals surface area contributed by atoms with Crippen molar-refractivity contribution in [1.29, 1.82) is 0 Å². The minimum Gasteiger partial charge on any atom is -0.289 e. The van der Waals surface area contributed by atoms with Gasteiger partial charge < -0.3 is 0 Å². The first-order valence-electron chi connectivity index (χ1n) is 7.41. The van der Waals surface area contributed by atoms with Gasteiger partial charge in [0.25, 0.3) is 5.91 Å². The van der Waals surface area contributed by atoms with Crippen molar-refractivity contribution in [2.45, 2.75) is 25.7 Å². The fourth-order valence-electron chi connectivity index (χ4n) is 2.47. The van der Waals surface area contributed by atoms with Gasteiger partial charge in [0.05, 0.1) is 0 Å². The lowest BCUT2D eigenvalue weighted by atomic mass is 10.1. The first-order valence-corrected chi connectivity index (χ1v) is 7.41. The number of nitrogens with one attached hydrogen (secondary N) is 1. The maximum Gasteiger partial charge on any atom is 0.265 e. The smallest absolute Gasteiger partial charge is 0.265 e. The molecule has 0 aromatic heterocycles. The topological polar surface area (TPSA) is 66.5 Å². The van der Waals surface area contributed by atoms with Crippen molar-refractivity contribution >= 4 is 24.2 Å². The summed E-state index contributed by atoms with van der Waals surface area (Å²) >= 11 is 0. The van der Waals surface area contributed by atoms with Crippen molar-refractivity contribution in [3.05, 3.63) is 42.0 Å². The molecule has 5 heteroatoms. The number of hydrazine groups is 1. The number of hydrogen-bond donors (Lipinski definition) is 1. The first kappa shape index (κ1) is 15.9. The van der Waals surface area contributed by atoms with Gasteiger partial charge in [0.2, 0.25) is 12.2 Å². The molecule has 1 aliphatic rings. The number of carbonyl (C=O) groups excluding carboxylic acids is 3. The largest absolute Gasteiger partial charge is 0.289 e. The van der Waals surface area contributed by atoms with Gasteiger partial charge in [-0.05, 0) is 24.5 Å². The van der Waals surface area contributed by atoms with Gasteiger partial charge in [0, 0.05) is 12.0 Å². The molecule has 0 heterocycles. The summed E-state index contributed by atoms with van der Waals surface area (Å²) in [6, 6.07) is 9.33. The average molecular weight is 299 g/mol. The molecule has 0 bridgehead atoms. The van der Waals surface area contributed by atoms with Crippen LogP contribution in [0.2, 0.25) is 0 Å². The maximum absolute atomic E-state index is 12.1. The van der Waals surface area contributed by atoms with Crippen molar-refractivity contribution < 1.29 is 14.4 Å². The molecule has 1 N–H and O–H groups in total. The Morgan fingerprint density at radius 3 is 2.55 bits per heavy atom. The standard InChI is InChI=1S/C17H19N2O3/c20-13-12-19(18-17(22)15-8-4-5-9-15)16(21)11-10-14-6-2-1-3-7-14/h1-3,6-7,10-11,15H,4-5,8-9,12H2,(H,18,22). The second-order valence-electron chi connectivity index (χ2n) is 5.27. The molecule has 1 fully saturated rings. The summed E-state index contributed by atoms with van der Waals surface area (Å²) in [4.78, 5) is 34.8. The fraction of sp³-hybridized carbons (Fsp3) is 0.353. The highest BCUT2D eigenvalue weighted by molar-refractivity contribution is 5.94. The lowest BCUT2D eigenvalue weighted by Crippen LogP contribution is -2.48. The lowest BCUT2D eigenvalue weighted by molar-refractivity contribution is -0.139. The molecule has 1 aromatic rings. The van der Waals surface area contributed by atoms with Gasteiger partial charge >= 0.3 is 0 Å². The van der Waals surface area contributed by atoms with Gasteiger partial charge in [-0.1, -0.05) is 43.2 Å². The summed E-state index contributed by atoms with van der Waals surface area (Å²) in [5, 5.41) is 1.01. The van der Waals surface area contributed by atoms with E-state index in [-0.39, 0.29) is 18.4 Å². The molecule has 22 heavy (non-hydrogen) atoms. The summed E-state index contributed by atoms with van der Waals surface area (Å²) in [6.07, 6.45) is 8.34. The normalized spacial score (nSPS) is 14.9. The van der Waals surface area contributed by atoms with Crippen LogP contribution in [0, 0.1) is 5.92 Å². The molecule has 115 valence electrons. The van der Waals surface area contributed by atoms with Crippen molar-refractivity contribution in [2.75, 3.05) is 6.54 Å². The number of rotatable bonds is 5. The summed E-state index contributed by atoms with van der Waals surface area (Å²) in [5.41, 5.74) is 3.40. The Morgan fingerprint density at radius 2 is 1.91 bits per heavy atom. The van der Waals surface area contributed by atoms with E-state index in [0.717, 1.165) is 36.3 Å². The van der Waals surface area contributed by atoms with E-state index in [1.807, 2.05) is 30.3 Å². The lowest BCUT2D eigenvalue weighted by Gasteiger charge is -2.21. The molecule has 0 aliphatic heterocycles. The number of nitrogens with zero attached hydrogens (tertiary/aromatic N) is 1. The highest BCUT2D eigenvalue weighted by Gasteiger charge is 2.25. The molecule has 0 saturated heterocycles. The van der Waals surface area contributed by atoms with Gasteiger partial charge in [-0.2, -0.15) is 0 Å². The number of benzene rings is 1. The Kier molecular flexibility index (Phi) is 5.89. The van der Waals surface area contributed by atoms with E-state index >= 15 is 0 Å². The van der Waals surface area contributed by atoms with Crippen molar-refractivity contribution in [3.63, 3.8) is 0 Å². The number of amides is 2. The Bertz CT molecular complexity index is 548.